The third-order valence-electron chi connectivity index (χ3n) is 3.62. The van der Waals surface area contributed by atoms with Crippen LogP contribution in [0.15, 0.2) is 0 Å². The number of hydrogen-bond acceptors (Lipinski definition) is 4. The van der Waals surface area contributed by atoms with E-state index >= 15 is 0 Å². The predicted octanol–water partition coefficient (Wildman–Crippen LogP) is -0.815. The Morgan fingerprint density at radius 2 is 2.00 bits per heavy atom. The third kappa shape index (κ3) is 1.67. The Hall–Kier alpha value is -0.160. The van der Waals surface area contributed by atoms with Crippen molar-refractivity contribution in [2.45, 2.75) is 37.5 Å². The Morgan fingerprint density at radius 3 is 2.71 bits per heavy atom. The molecule has 0 saturated carbocycles. The van der Waals surface area contributed by atoms with E-state index < -0.39 is 12.2 Å². The van der Waals surface area contributed by atoms with Crippen LogP contribution in [0.25, 0.3) is 0 Å². The normalized spacial score (nSPS) is 44.8. The van der Waals surface area contributed by atoms with Gasteiger partial charge in [0, 0.05) is 25.1 Å². The highest BCUT2D eigenvalue weighted by Gasteiger charge is 2.42. The molecule has 2 rings (SSSR count). The van der Waals surface area contributed by atoms with E-state index in [-0.39, 0.29) is 18.6 Å². The van der Waals surface area contributed by atoms with Crippen LogP contribution >= 0.6 is 0 Å². The number of piperidine rings is 2. The van der Waals surface area contributed by atoms with Gasteiger partial charge in [0.15, 0.2) is 0 Å². The van der Waals surface area contributed by atoms with Crippen LogP contribution in [0, 0.1) is 5.92 Å². The summed E-state index contributed by atoms with van der Waals surface area (Å²) >= 11 is 0. The number of aliphatic hydroxyl groups excluding tert-OH is 3. The monoisotopic (exact) mass is 201 g/mol. The van der Waals surface area contributed by atoms with E-state index in [9.17, 15) is 15.3 Å². The maximum Gasteiger partial charge on any atom is 0.0929 e. The number of aliphatic hydroxyl groups is 3. The molecule has 3 N–H and O–H groups in total. The quantitative estimate of drug-likeness (QED) is 0.519. The van der Waals surface area contributed by atoms with Gasteiger partial charge in [-0.25, -0.2) is 0 Å². The minimum Gasteiger partial charge on any atom is -0.396 e. The lowest BCUT2D eigenvalue weighted by molar-refractivity contribution is -0.121. The van der Waals surface area contributed by atoms with Gasteiger partial charge in [0.2, 0.25) is 0 Å². The Kier molecular flexibility index (Phi) is 3.07. The molecule has 2 fully saturated rings. The first-order valence-electron chi connectivity index (χ1n) is 5.45. The lowest BCUT2D eigenvalue weighted by atomic mass is 9.81. The molecule has 0 aromatic heterocycles. The van der Waals surface area contributed by atoms with Crippen LogP contribution in [-0.4, -0.2) is 58.2 Å². The van der Waals surface area contributed by atoms with Gasteiger partial charge in [0.05, 0.1) is 12.2 Å². The van der Waals surface area contributed by atoms with E-state index in [0.29, 0.717) is 6.54 Å². The second-order valence-corrected chi connectivity index (χ2v) is 4.46. The standard InChI is InChI=1S/C10H19NO3/c12-6-7-8-3-1-2-4-11(8)5-9(13)10(7)14/h7-10,12-14H,1-6H2/t7-,8-,9+,10+/m1/s1. The van der Waals surface area contributed by atoms with Crippen molar-refractivity contribution in [3.05, 3.63) is 0 Å². The summed E-state index contributed by atoms with van der Waals surface area (Å²) in [5.41, 5.74) is 0. The highest BCUT2D eigenvalue weighted by molar-refractivity contribution is 4.95. The Bertz CT molecular complexity index is 200. The van der Waals surface area contributed by atoms with Gasteiger partial charge in [0.25, 0.3) is 0 Å². The lowest BCUT2D eigenvalue weighted by Crippen LogP contribution is -2.60. The summed E-state index contributed by atoms with van der Waals surface area (Å²) in [6.07, 6.45) is 1.92. The average Bonchev–Trinajstić information content (AvgIpc) is 2.20. The first-order valence-corrected chi connectivity index (χ1v) is 5.45. The fourth-order valence-corrected chi connectivity index (χ4v) is 2.82. The van der Waals surface area contributed by atoms with Crippen molar-refractivity contribution < 1.29 is 15.3 Å². The third-order valence-corrected chi connectivity index (χ3v) is 3.62. The Morgan fingerprint density at radius 1 is 1.21 bits per heavy atom. The minimum absolute atomic E-state index is 0.0284. The van der Waals surface area contributed by atoms with Crippen molar-refractivity contribution in [2.75, 3.05) is 19.7 Å². The molecule has 4 atom stereocenters. The van der Waals surface area contributed by atoms with Gasteiger partial charge in [-0.1, -0.05) is 6.42 Å². The first kappa shape index (κ1) is 10.4. The van der Waals surface area contributed by atoms with Gasteiger partial charge in [0.1, 0.15) is 0 Å². The van der Waals surface area contributed by atoms with Crippen LogP contribution in [0.4, 0.5) is 0 Å². The Balaban J connectivity index is 2.10. The zero-order valence-corrected chi connectivity index (χ0v) is 8.34. The molecule has 0 amide bonds. The van der Waals surface area contributed by atoms with Gasteiger partial charge in [-0.3, -0.25) is 4.90 Å². The zero-order valence-electron chi connectivity index (χ0n) is 8.34. The van der Waals surface area contributed by atoms with E-state index in [1.807, 2.05) is 0 Å². The molecular formula is C10H19NO3. The molecule has 0 aliphatic carbocycles. The van der Waals surface area contributed by atoms with Crippen LogP contribution in [0.2, 0.25) is 0 Å². The van der Waals surface area contributed by atoms with Gasteiger partial charge >= 0.3 is 0 Å². The summed E-state index contributed by atoms with van der Waals surface area (Å²) in [4.78, 5) is 2.21. The van der Waals surface area contributed by atoms with E-state index in [2.05, 4.69) is 4.90 Å². The SMILES string of the molecule is OC[C@H]1[C@H](O)[C@@H](O)CN2CCCC[C@H]12. The fourth-order valence-electron chi connectivity index (χ4n) is 2.82. The molecule has 0 unspecified atom stereocenters. The van der Waals surface area contributed by atoms with Crippen LogP contribution in [0.3, 0.4) is 0 Å². The lowest BCUT2D eigenvalue weighted by Gasteiger charge is -2.47. The summed E-state index contributed by atoms with van der Waals surface area (Å²) in [6, 6.07) is 0.271. The van der Waals surface area contributed by atoms with E-state index in [1.54, 1.807) is 0 Å². The van der Waals surface area contributed by atoms with Gasteiger partial charge < -0.3 is 15.3 Å². The van der Waals surface area contributed by atoms with Crippen molar-refractivity contribution in [2.24, 2.45) is 5.92 Å². The zero-order chi connectivity index (χ0) is 10.1. The number of nitrogens with zero attached hydrogens (tertiary/aromatic N) is 1. The summed E-state index contributed by atoms with van der Waals surface area (Å²) in [7, 11) is 0. The first-order chi connectivity index (χ1) is 6.74. The number of rotatable bonds is 1. The van der Waals surface area contributed by atoms with Crippen molar-refractivity contribution in [3.8, 4) is 0 Å². The summed E-state index contributed by atoms with van der Waals surface area (Å²) in [5, 5.41) is 28.6. The number of fused-ring (bicyclic) bond motifs is 1. The van der Waals surface area contributed by atoms with Gasteiger partial charge in [-0.05, 0) is 19.4 Å². The molecule has 4 nitrogen and oxygen atoms in total. The summed E-state index contributed by atoms with van der Waals surface area (Å²) in [6.45, 7) is 1.52. The van der Waals surface area contributed by atoms with Crippen LogP contribution in [-0.2, 0) is 0 Å². The van der Waals surface area contributed by atoms with E-state index in [0.717, 1.165) is 19.4 Å². The molecule has 0 aromatic rings. The molecule has 0 bridgehead atoms. The molecule has 82 valence electrons. The van der Waals surface area contributed by atoms with Crippen molar-refractivity contribution in [1.29, 1.82) is 0 Å². The molecule has 14 heavy (non-hydrogen) atoms. The maximum absolute atomic E-state index is 9.74. The predicted molar refractivity (Wildman–Crippen MR) is 51.8 cm³/mol. The molecule has 2 aliphatic rings. The summed E-state index contributed by atoms with van der Waals surface area (Å²) < 4.78 is 0. The topological polar surface area (TPSA) is 63.9 Å². The van der Waals surface area contributed by atoms with Gasteiger partial charge in [-0.15, -0.1) is 0 Å². The van der Waals surface area contributed by atoms with Crippen LogP contribution in [0.1, 0.15) is 19.3 Å². The van der Waals surface area contributed by atoms with Crippen LogP contribution < -0.4 is 0 Å². The van der Waals surface area contributed by atoms with Crippen molar-refractivity contribution in [1.82, 2.24) is 4.90 Å². The molecule has 0 radical (unpaired) electrons. The summed E-state index contributed by atoms with van der Waals surface area (Å²) in [5.74, 6) is -0.168. The van der Waals surface area contributed by atoms with Crippen molar-refractivity contribution >= 4 is 0 Å². The number of hydrogen-bond donors (Lipinski definition) is 3. The molecular weight excluding hydrogens is 182 g/mol. The van der Waals surface area contributed by atoms with E-state index in [1.165, 1.54) is 6.42 Å². The molecule has 2 saturated heterocycles. The Labute approximate surface area is 84.2 Å². The molecule has 2 heterocycles. The van der Waals surface area contributed by atoms with Crippen LogP contribution in [0.5, 0.6) is 0 Å². The molecule has 2 aliphatic heterocycles. The van der Waals surface area contributed by atoms with E-state index in [4.69, 9.17) is 0 Å². The molecule has 0 spiro atoms. The second-order valence-electron chi connectivity index (χ2n) is 4.46. The fraction of sp³-hybridized carbons (Fsp3) is 1.00. The van der Waals surface area contributed by atoms with Gasteiger partial charge in [-0.2, -0.15) is 0 Å². The second kappa shape index (κ2) is 4.14. The highest BCUT2D eigenvalue weighted by Crippen LogP contribution is 2.30. The highest BCUT2D eigenvalue weighted by atomic mass is 16.3. The molecule has 0 aromatic carbocycles. The largest absolute Gasteiger partial charge is 0.396 e. The minimum atomic E-state index is -0.751. The average molecular weight is 201 g/mol. The molecule has 4 heteroatoms. The maximum atomic E-state index is 9.74. The van der Waals surface area contributed by atoms with Crippen molar-refractivity contribution in [3.63, 3.8) is 0 Å². The smallest absolute Gasteiger partial charge is 0.0929 e.